The summed E-state index contributed by atoms with van der Waals surface area (Å²) >= 11 is 0. The zero-order valence-corrected chi connectivity index (χ0v) is 19.4. The van der Waals surface area contributed by atoms with E-state index in [0.29, 0.717) is 27.7 Å². The number of Topliss-reactive ketones (excluding diaryl/α,β-unsaturated/α-hetero) is 1. The number of H-pyrrole nitrogens is 1. The Balaban J connectivity index is 1.93. The second-order valence-electron chi connectivity index (χ2n) is 7.91. The summed E-state index contributed by atoms with van der Waals surface area (Å²) < 4.78 is 10.6. The summed E-state index contributed by atoms with van der Waals surface area (Å²) in [5.41, 5.74) is 9.63. The molecule has 0 aliphatic carbocycles. The second kappa shape index (κ2) is 10.2. The monoisotopic (exact) mass is 471 g/mol. The molecule has 8 heteroatoms. The average Bonchev–Trinajstić information content (AvgIpc) is 3.20. The van der Waals surface area contributed by atoms with Gasteiger partial charge in [-0.3, -0.25) is 9.59 Å². The molecule has 3 N–H and O–H groups in total. The molecule has 0 radical (unpaired) electrons. The van der Waals surface area contributed by atoms with Crippen LogP contribution in [0.3, 0.4) is 0 Å². The molecule has 0 aliphatic rings. The largest absolute Gasteiger partial charge is 0.465 e. The van der Waals surface area contributed by atoms with Gasteiger partial charge >= 0.3 is 5.97 Å². The Hall–Kier alpha value is -4.46. The van der Waals surface area contributed by atoms with Gasteiger partial charge in [0.2, 0.25) is 11.7 Å². The lowest BCUT2D eigenvalue weighted by Gasteiger charge is -2.20. The Bertz CT molecular complexity index is 1390. The van der Waals surface area contributed by atoms with Crippen LogP contribution >= 0.6 is 0 Å². The van der Waals surface area contributed by atoms with Crippen LogP contribution in [0.25, 0.3) is 22.0 Å². The highest BCUT2D eigenvalue weighted by atomic mass is 16.6. The number of hydrogen-bond donors (Lipinski definition) is 2. The number of amides is 1. The number of aryl methyl sites for hydroxylation is 1. The van der Waals surface area contributed by atoms with Gasteiger partial charge in [-0.25, -0.2) is 9.78 Å². The zero-order chi connectivity index (χ0) is 24.9. The van der Waals surface area contributed by atoms with E-state index < -0.39 is 23.6 Å². The molecule has 2 aromatic heterocycles. The molecule has 0 fully saturated rings. The van der Waals surface area contributed by atoms with Gasteiger partial charge in [-0.2, -0.15) is 0 Å². The number of carbonyl (C=O) groups is 3. The number of hydrogen-bond acceptors (Lipinski definition) is 6. The van der Waals surface area contributed by atoms with E-state index in [1.54, 1.807) is 19.9 Å². The quantitative estimate of drug-likeness (QED) is 0.284. The molecule has 1 unspecified atom stereocenters. The second-order valence-corrected chi connectivity index (χ2v) is 7.91. The number of aromatic nitrogens is 2. The van der Waals surface area contributed by atoms with Crippen LogP contribution in [-0.4, -0.2) is 40.8 Å². The van der Waals surface area contributed by atoms with Gasteiger partial charge in [0.25, 0.3) is 5.91 Å². The Morgan fingerprint density at radius 1 is 1.03 bits per heavy atom. The van der Waals surface area contributed by atoms with E-state index >= 15 is 0 Å². The number of pyridine rings is 1. The minimum Gasteiger partial charge on any atom is -0.465 e. The summed E-state index contributed by atoms with van der Waals surface area (Å²) in [4.78, 5) is 45.0. The third kappa shape index (κ3) is 4.77. The smallest absolute Gasteiger partial charge is 0.344 e. The van der Waals surface area contributed by atoms with E-state index in [1.165, 1.54) is 6.20 Å². The van der Waals surface area contributed by atoms with Crippen LogP contribution < -0.4 is 10.5 Å². The number of ketones is 1. The Kier molecular flexibility index (Phi) is 6.91. The van der Waals surface area contributed by atoms with Crippen LogP contribution in [0.2, 0.25) is 0 Å². The molecule has 0 saturated heterocycles. The minimum atomic E-state index is -1.05. The Labute approximate surface area is 202 Å². The van der Waals surface area contributed by atoms with Gasteiger partial charge in [0.15, 0.2) is 6.61 Å². The number of nitrogens with two attached hydrogens (primary N) is 1. The average molecular weight is 472 g/mol. The number of ether oxygens (including phenoxy) is 2. The number of nitrogens with one attached hydrogen (secondary N) is 1. The first kappa shape index (κ1) is 23.7. The van der Waals surface area contributed by atoms with Crippen molar-refractivity contribution in [2.45, 2.75) is 19.8 Å². The van der Waals surface area contributed by atoms with Crippen molar-refractivity contribution in [3.63, 3.8) is 0 Å². The van der Waals surface area contributed by atoms with Gasteiger partial charge in [0.1, 0.15) is 0 Å². The van der Waals surface area contributed by atoms with E-state index in [-0.39, 0.29) is 19.1 Å². The highest BCUT2D eigenvalue weighted by Crippen LogP contribution is 2.41. The van der Waals surface area contributed by atoms with Crippen LogP contribution in [0.1, 0.15) is 29.7 Å². The lowest BCUT2D eigenvalue weighted by molar-refractivity contribution is -0.145. The number of rotatable bonds is 9. The molecule has 0 spiro atoms. The summed E-state index contributed by atoms with van der Waals surface area (Å²) in [6.07, 6.45) is 1.53. The number of carbonyl (C=O) groups excluding carboxylic acids is 3. The molecule has 2 heterocycles. The van der Waals surface area contributed by atoms with Crippen molar-refractivity contribution in [3.05, 3.63) is 83.7 Å². The maximum Gasteiger partial charge on any atom is 0.344 e. The highest BCUT2D eigenvalue weighted by molar-refractivity contribution is 6.39. The Morgan fingerprint density at radius 2 is 1.74 bits per heavy atom. The van der Waals surface area contributed by atoms with Crippen molar-refractivity contribution in [1.82, 2.24) is 9.97 Å². The molecule has 4 aromatic rings. The molecule has 4 rings (SSSR count). The molecule has 0 aliphatic heterocycles. The van der Waals surface area contributed by atoms with Gasteiger partial charge in [-0.1, -0.05) is 54.6 Å². The first-order valence-electron chi connectivity index (χ1n) is 11.2. The van der Waals surface area contributed by atoms with Crippen LogP contribution in [0.15, 0.2) is 66.9 Å². The Morgan fingerprint density at radius 3 is 2.46 bits per heavy atom. The molecule has 1 atom stereocenters. The van der Waals surface area contributed by atoms with Crippen LogP contribution in [0, 0.1) is 6.92 Å². The summed E-state index contributed by atoms with van der Waals surface area (Å²) in [7, 11) is 0. The van der Waals surface area contributed by atoms with E-state index in [1.807, 2.05) is 54.6 Å². The first-order valence-corrected chi connectivity index (χ1v) is 11.2. The summed E-state index contributed by atoms with van der Waals surface area (Å²) in [5, 5.41) is 0.497. The third-order valence-electron chi connectivity index (χ3n) is 5.69. The van der Waals surface area contributed by atoms with E-state index in [2.05, 4.69) is 9.97 Å². The van der Waals surface area contributed by atoms with Gasteiger partial charge in [-0.05, 0) is 36.6 Å². The van der Waals surface area contributed by atoms with Gasteiger partial charge in [0, 0.05) is 17.5 Å². The van der Waals surface area contributed by atoms with Crippen molar-refractivity contribution >= 4 is 28.6 Å². The van der Waals surface area contributed by atoms with Gasteiger partial charge in [-0.15, -0.1) is 0 Å². The number of fused-ring (bicyclic) bond motifs is 1. The van der Waals surface area contributed by atoms with Crippen molar-refractivity contribution in [2.24, 2.45) is 5.73 Å². The van der Waals surface area contributed by atoms with E-state index in [0.717, 1.165) is 11.1 Å². The first-order chi connectivity index (χ1) is 16.9. The number of nitrogens with zero attached hydrogens (tertiary/aromatic N) is 1. The molecule has 35 heavy (non-hydrogen) atoms. The molecule has 0 bridgehead atoms. The SMILES string of the molecule is CCOC(=O)COc1nccc2[nH]c(C)c(C(C(=O)C(N)=O)c3ccccc3-c3ccccc3)c12. The molecule has 0 saturated carbocycles. The van der Waals surface area contributed by atoms with Crippen LogP contribution in [-0.2, 0) is 19.1 Å². The third-order valence-corrected chi connectivity index (χ3v) is 5.69. The van der Waals surface area contributed by atoms with Crippen molar-refractivity contribution in [3.8, 4) is 17.0 Å². The number of esters is 1. The predicted molar refractivity (Wildman–Crippen MR) is 131 cm³/mol. The standard InChI is InChI=1S/C27H25N3O5/c1-3-34-21(31)15-35-27-24-20(13-14-29-27)30-16(2)22(24)23(25(32)26(28)33)19-12-8-7-11-18(19)17-9-5-4-6-10-17/h4-14,23,30H,3,15H2,1-2H3,(H2,28,33). The molecule has 178 valence electrons. The molecule has 2 aromatic carbocycles. The van der Waals surface area contributed by atoms with Crippen LogP contribution in [0.4, 0.5) is 0 Å². The maximum atomic E-state index is 13.4. The van der Waals surface area contributed by atoms with Crippen molar-refractivity contribution in [2.75, 3.05) is 13.2 Å². The maximum absolute atomic E-state index is 13.4. The van der Waals surface area contributed by atoms with Crippen molar-refractivity contribution < 1.29 is 23.9 Å². The fourth-order valence-electron chi connectivity index (χ4n) is 4.26. The summed E-state index contributed by atoms with van der Waals surface area (Å²) in [6, 6.07) is 18.7. The summed E-state index contributed by atoms with van der Waals surface area (Å²) in [6.45, 7) is 3.38. The number of aromatic amines is 1. The lowest BCUT2D eigenvalue weighted by atomic mass is 9.82. The van der Waals surface area contributed by atoms with Crippen molar-refractivity contribution in [1.29, 1.82) is 0 Å². The fraction of sp³-hybridized carbons (Fsp3) is 0.185. The molecular formula is C27H25N3O5. The molecule has 8 nitrogen and oxygen atoms in total. The lowest BCUT2D eigenvalue weighted by Crippen LogP contribution is -2.30. The predicted octanol–water partition coefficient (Wildman–Crippen LogP) is 3.67. The van der Waals surface area contributed by atoms with E-state index in [4.69, 9.17) is 15.2 Å². The zero-order valence-electron chi connectivity index (χ0n) is 19.4. The molecule has 1 amide bonds. The molecular weight excluding hydrogens is 446 g/mol. The van der Waals surface area contributed by atoms with Gasteiger partial charge < -0.3 is 20.2 Å². The summed E-state index contributed by atoms with van der Waals surface area (Å²) in [5.74, 6) is -3.23. The minimum absolute atomic E-state index is 0.148. The topological polar surface area (TPSA) is 124 Å². The normalized spacial score (nSPS) is 11.7. The van der Waals surface area contributed by atoms with E-state index in [9.17, 15) is 14.4 Å². The highest BCUT2D eigenvalue weighted by Gasteiger charge is 2.34. The fourth-order valence-corrected chi connectivity index (χ4v) is 4.26. The number of benzene rings is 2. The number of primary amides is 1. The van der Waals surface area contributed by atoms with Crippen LogP contribution in [0.5, 0.6) is 5.88 Å². The van der Waals surface area contributed by atoms with Gasteiger partial charge in [0.05, 0.1) is 23.4 Å².